The highest BCUT2D eigenvalue weighted by atomic mass is 19.4. The molecule has 2 heterocycles. The Balaban J connectivity index is 1.75. The molecular weight excluding hydrogens is 251 g/mol. The minimum absolute atomic E-state index is 0.0853. The van der Waals surface area contributed by atoms with Gasteiger partial charge in [0.25, 0.3) is 0 Å². The van der Waals surface area contributed by atoms with Crippen molar-refractivity contribution >= 4 is 0 Å². The fraction of sp³-hybridized carbons (Fsp3) is 0.800. The Labute approximate surface area is 102 Å². The van der Waals surface area contributed by atoms with Crippen LogP contribution < -0.4 is 5.32 Å². The molecule has 0 saturated carbocycles. The molecule has 0 bridgehead atoms. The number of hydrogen-bond acceptors (Lipinski definition) is 5. The van der Waals surface area contributed by atoms with E-state index in [-0.39, 0.29) is 18.5 Å². The molecule has 1 atom stereocenters. The fourth-order valence-corrected chi connectivity index (χ4v) is 1.76. The van der Waals surface area contributed by atoms with E-state index < -0.39 is 12.7 Å². The zero-order valence-corrected chi connectivity index (χ0v) is 9.66. The number of halogens is 3. The van der Waals surface area contributed by atoms with Crippen LogP contribution in [0.1, 0.15) is 24.6 Å². The predicted molar refractivity (Wildman–Crippen MR) is 54.7 cm³/mol. The summed E-state index contributed by atoms with van der Waals surface area (Å²) in [5.41, 5.74) is 0. The van der Waals surface area contributed by atoms with Gasteiger partial charge < -0.3 is 14.6 Å². The number of aromatic nitrogens is 2. The first-order valence-electron chi connectivity index (χ1n) is 5.73. The number of alkyl halides is 3. The molecule has 1 aliphatic rings. The van der Waals surface area contributed by atoms with Gasteiger partial charge in [0.05, 0.1) is 19.2 Å². The maximum Gasteiger partial charge on any atom is 0.401 e. The van der Waals surface area contributed by atoms with Gasteiger partial charge in [0, 0.05) is 13.0 Å². The molecule has 1 aromatic heterocycles. The van der Waals surface area contributed by atoms with Gasteiger partial charge in [0.15, 0.2) is 5.82 Å². The van der Waals surface area contributed by atoms with Crippen molar-refractivity contribution in [3.63, 3.8) is 0 Å². The fourth-order valence-electron chi connectivity index (χ4n) is 1.76. The van der Waals surface area contributed by atoms with Crippen LogP contribution in [0.3, 0.4) is 0 Å². The average molecular weight is 265 g/mol. The number of hydrogen-bond donors (Lipinski definition) is 1. The van der Waals surface area contributed by atoms with Crippen LogP contribution in [0.2, 0.25) is 0 Å². The highest BCUT2D eigenvalue weighted by Crippen LogP contribution is 2.16. The summed E-state index contributed by atoms with van der Waals surface area (Å²) in [5.74, 6) is 0.637. The molecule has 0 amide bonds. The summed E-state index contributed by atoms with van der Waals surface area (Å²) in [6, 6.07) is 0. The maximum absolute atomic E-state index is 11.9. The second-order valence-electron chi connectivity index (χ2n) is 4.16. The van der Waals surface area contributed by atoms with Crippen LogP contribution in [0, 0.1) is 0 Å². The van der Waals surface area contributed by atoms with Crippen molar-refractivity contribution in [1.29, 1.82) is 0 Å². The summed E-state index contributed by atoms with van der Waals surface area (Å²) < 4.78 is 45.9. The molecule has 1 aliphatic heterocycles. The quantitative estimate of drug-likeness (QED) is 0.873. The van der Waals surface area contributed by atoms with Crippen molar-refractivity contribution in [2.45, 2.75) is 38.1 Å². The van der Waals surface area contributed by atoms with Crippen molar-refractivity contribution in [3.05, 3.63) is 11.7 Å². The second-order valence-corrected chi connectivity index (χ2v) is 4.16. The summed E-state index contributed by atoms with van der Waals surface area (Å²) in [6.45, 7) is -0.420. The maximum atomic E-state index is 11.9. The molecule has 102 valence electrons. The first kappa shape index (κ1) is 13.3. The Morgan fingerprint density at radius 2 is 2.22 bits per heavy atom. The van der Waals surface area contributed by atoms with E-state index in [1.807, 2.05) is 0 Å². The second kappa shape index (κ2) is 5.66. The van der Waals surface area contributed by atoms with Crippen LogP contribution in [0.25, 0.3) is 0 Å². The van der Waals surface area contributed by atoms with Crippen LogP contribution in [0.5, 0.6) is 0 Å². The van der Waals surface area contributed by atoms with Crippen molar-refractivity contribution in [2.24, 2.45) is 0 Å². The number of nitrogens with one attached hydrogen (secondary N) is 1. The van der Waals surface area contributed by atoms with E-state index in [4.69, 9.17) is 9.26 Å². The van der Waals surface area contributed by atoms with E-state index >= 15 is 0 Å². The van der Waals surface area contributed by atoms with Gasteiger partial charge in [0.2, 0.25) is 5.89 Å². The smallest absolute Gasteiger partial charge is 0.378 e. The summed E-state index contributed by atoms with van der Waals surface area (Å²) in [7, 11) is 0. The summed E-state index contributed by atoms with van der Waals surface area (Å²) in [4.78, 5) is 4.01. The summed E-state index contributed by atoms with van der Waals surface area (Å²) in [5, 5.41) is 5.90. The van der Waals surface area contributed by atoms with E-state index in [9.17, 15) is 13.2 Å². The molecule has 5 nitrogen and oxygen atoms in total. The van der Waals surface area contributed by atoms with Crippen LogP contribution in [-0.2, 0) is 17.7 Å². The summed E-state index contributed by atoms with van der Waals surface area (Å²) >= 11 is 0. The first-order chi connectivity index (χ1) is 8.53. The minimum Gasteiger partial charge on any atom is -0.378 e. The third-order valence-corrected chi connectivity index (χ3v) is 2.55. The van der Waals surface area contributed by atoms with Crippen molar-refractivity contribution in [3.8, 4) is 0 Å². The molecule has 2 rings (SSSR count). The predicted octanol–water partition coefficient (Wildman–Crippen LogP) is 1.44. The zero-order chi connectivity index (χ0) is 13.0. The molecule has 8 heteroatoms. The Hall–Kier alpha value is -1.15. The normalized spacial score (nSPS) is 20.5. The first-order valence-corrected chi connectivity index (χ1v) is 5.73. The molecule has 1 N–H and O–H groups in total. The Kier molecular flexibility index (Phi) is 4.18. The monoisotopic (exact) mass is 265 g/mol. The van der Waals surface area contributed by atoms with Gasteiger partial charge in [-0.2, -0.15) is 18.2 Å². The van der Waals surface area contributed by atoms with E-state index in [0.717, 1.165) is 19.4 Å². The van der Waals surface area contributed by atoms with E-state index in [2.05, 4.69) is 15.5 Å². The lowest BCUT2D eigenvalue weighted by Gasteiger charge is -2.05. The van der Waals surface area contributed by atoms with Crippen LogP contribution >= 0.6 is 0 Å². The SMILES string of the molecule is FC(F)(F)CNCc1nc(CC2CCCO2)no1. The highest BCUT2D eigenvalue weighted by Gasteiger charge is 2.26. The lowest BCUT2D eigenvalue weighted by molar-refractivity contribution is -0.125. The lowest BCUT2D eigenvalue weighted by Crippen LogP contribution is -2.28. The third kappa shape index (κ3) is 4.26. The highest BCUT2D eigenvalue weighted by molar-refractivity contribution is 4.89. The van der Waals surface area contributed by atoms with Crippen molar-refractivity contribution in [2.75, 3.05) is 13.2 Å². The molecular formula is C10H14F3N3O2. The van der Waals surface area contributed by atoms with Gasteiger partial charge >= 0.3 is 6.18 Å². The Morgan fingerprint density at radius 3 is 2.89 bits per heavy atom. The van der Waals surface area contributed by atoms with Crippen molar-refractivity contribution in [1.82, 2.24) is 15.5 Å². The zero-order valence-electron chi connectivity index (χ0n) is 9.66. The molecule has 18 heavy (non-hydrogen) atoms. The van der Waals surface area contributed by atoms with E-state index in [1.54, 1.807) is 0 Å². The third-order valence-electron chi connectivity index (χ3n) is 2.55. The molecule has 0 radical (unpaired) electrons. The van der Waals surface area contributed by atoms with Gasteiger partial charge in [-0.15, -0.1) is 0 Å². The molecule has 0 aliphatic carbocycles. The number of nitrogens with zero attached hydrogens (tertiary/aromatic N) is 2. The van der Waals surface area contributed by atoms with Gasteiger partial charge in [-0.3, -0.25) is 0 Å². The number of rotatable bonds is 5. The van der Waals surface area contributed by atoms with Crippen LogP contribution in [0.15, 0.2) is 4.52 Å². The van der Waals surface area contributed by atoms with Gasteiger partial charge in [-0.05, 0) is 12.8 Å². The molecule has 1 aromatic rings. The van der Waals surface area contributed by atoms with Gasteiger partial charge in [0.1, 0.15) is 0 Å². The Bertz CT molecular complexity index is 375. The van der Waals surface area contributed by atoms with Crippen molar-refractivity contribution < 1.29 is 22.4 Å². The van der Waals surface area contributed by atoms with E-state index in [1.165, 1.54) is 0 Å². The van der Waals surface area contributed by atoms with Gasteiger partial charge in [-0.1, -0.05) is 5.16 Å². The minimum atomic E-state index is -4.24. The molecule has 0 aromatic carbocycles. The molecule has 0 spiro atoms. The van der Waals surface area contributed by atoms with Gasteiger partial charge in [-0.25, -0.2) is 0 Å². The number of ether oxygens (including phenoxy) is 1. The largest absolute Gasteiger partial charge is 0.401 e. The summed E-state index contributed by atoms with van der Waals surface area (Å²) in [6.07, 6.45) is -1.62. The molecule has 1 saturated heterocycles. The van der Waals surface area contributed by atoms with Crippen LogP contribution in [-0.4, -0.2) is 35.6 Å². The topological polar surface area (TPSA) is 60.2 Å². The van der Waals surface area contributed by atoms with E-state index in [0.29, 0.717) is 12.2 Å². The van der Waals surface area contributed by atoms with Crippen LogP contribution in [0.4, 0.5) is 13.2 Å². The standard InChI is InChI=1S/C10H14F3N3O2/c11-10(12,13)6-14-5-9-15-8(16-18-9)4-7-2-1-3-17-7/h7,14H,1-6H2. The molecule has 1 fully saturated rings. The Morgan fingerprint density at radius 1 is 1.39 bits per heavy atom. The lowest BCUT2D eigenvalue weighted by atomic mass is 10.2. The average Bonchev–Trinajstić information content (AvgIpc) is 2.89. The molecule has 1 unspecified atom stereocenters.